The van der Waals surface area contributed by atoms with Crippen molar-refractivity contribution in [1.82, 2.24) is 25.3 Å². The molecule has 0 aromatic heterocycles. The van der Waals surface area contributed by atoms with Crippen LogP contribution in [0.2, 0.25) is 0 Å². The van der Waals surface area contributed by atoms with Crippen LogP contribution in [-0.2, 0) is 43.1 Å². The van der Waals surface area contributed by atoms with Gasteiger partial charge >= 0.3 is 140 Å². The molecule has 0 bridgehead atoms. The van der Waals surface area contributed by atoms with E-state index in [0.717, 1.165) is 54.5 Å². The van der Waals surface area contributed by atoms with E-state index in [1.165, 1.54) is 23.1 Å². The Hall–Kier alpha value is -6.68. The topological polar surface area (TPSA) is 391 Å². The van der Waals surface area contributed by atoms with Crippen molar-refractivity contribution in [3.63, 3.8) is 0 Å². The van der Waals surface area contributed by atoms with Crippen molar-refractivity contribution in [3.8, 4) is 0 Å². The van der Waals surface area contributed by atoms with Gasteiger partial charge < -0.3 is 86.7 Å². The molecule has 5 amide bonds. The molecule has 4 atom stereocenters. The molecule has 98 heavy (non-hydrogen) atoms. The van der Waals surface area contributed by atoms with Crippen LogP contribution in [0.4, 0.5) is 58.6 Å². The second-order valence-electron chi connectivity index (χ2n) is 25.6. The first kappa shape index (κ1) is 85.5. The van der Waals surface area contributed by atoms with Gasteiger partial charge in [0.05, 0.1) is 63.6 Å². The fraction of sp³-hybridized carbons (Fsp3) is 0.500. The number of carboxylic acids is 2. The Morgan fingerprint density at radius 1 is 0.582 bits per heavy atom. The second kappa shape index (κ2) is 40.5. The van der Waals surface area contributed by atoms with Crippen LogP contribution in [0.25, 0.3) is 0 Å². The number of anilines is 5. The van der Waals surface area contributed by atoms with E-state index in [4.69, 9.17) is 29.4 Å². The Morgan fingerprint density at radius 3 is 1.46 bits per heavy atom. The minimum absolute atomic E-state index is 0. The molecule has 0 aliphatic carbocycles. The summed E-state index contributed by atoms with van der Waals surface area (Å²) in [6, 6.07) is 26.5. The van der Waals surface area contributed by atoms with E-state index in [2.05, 4.69) is 42.0 Å². The SMILES string of the molecule is CC(C)(C)OC(=O)N1CCN(c2ccccc2[N+](=O)[O-])C(CC(=O)O)C1.CC(C)(C)OC(=O)N1CCN2c3ccccc3NC(=O)CC2C1.CC(C)(C)OC(=O)N1CCNC(CC(=O)O)C1.O=C1CC2CNCCN2c2ccccc2N1.O=CO[O-].O=[N+]([O-])c1ccccc1F.[H+].[H-].[K+].[K+]. The van der Waals surface area contributed by atoms with Crippen molar-refractivity contribution in [2.24, 2.45) is 0 Å². The molecule has 6 heterocycles. The maximum absolute atomic E-state index is 12.4. The summed E-state index contributed by atoms with van der Waals surface area (Å²) >= 11 is 0. The van der Waals surface area contributed by atoms with Gasteiger partial charge in [0, 0.05) is 110 Å². The first-order chi connectivity index (χ1) is 45.2. The number of amides is 5. The molecule has 4 aromatic carbocycles. The minimum atomic E-state index is -1.04. The zero-order chi connectivity index (χ0) is 71.1. The number of hydrogen-bond acceptors (Lipinski definition) is 22. The number of carbonyl (C=O) groups excluding carboxylic acids is 6. The van der Waals surface area contributed by atoms with Crippen molar-refractivity contribution in [1.29, 1.82) is 0 Å². The normalized spacial score (nSPS) is 18.4. The van der Waals surface area contributed by atoms with Crippen LogP contribution in [0.5, 0.6) is 0 Å². The van der Waals surface area contributed by atoms with Crippen LogP contribution in [0.15, 0.2) is 97.1 Å². The summed E-state index contributed by atoms with van der Waals surface area (Å²) < 4.78 is 28.4. The Labute approximate surface area is 655 Å². The number of nitro groups is 2. The number of benzene rings is 4. The van der Waals surface area contributed by atoms with E-state index >= 15 is 0 Å². The first-order valence-electron chi connectivity index (χ1n) is 30.9. The number of aliphatic carboxylic acids is 2. The third-order valence-corrected chi connectivity index (χ3v) is 14.7. The molecule has 4 fully saturated rings. The summed E-state index contributed by atoms with van der Waals surface area (Å²) in [5.74, 6) is -2.61. The van der Waals surface area contributed by atoms with Crippen molar-refractivity contribution in [3.05, 3.63) is 123 Å². The van der Waals surface area contributed by atoms with Crippen LogP contribution in [0.3, 0.4) is 0 Å². The summed E-state index contributed by atoms with van der Waals surface area (Å²) in [7, 11) is 0. The Kier molecular flexibility index (Phi) is 35.4. The largest absolute Gasteiger partial charge is 1.00 e. The van der Waals surface area contributed by atoms with Crippen molar-refractivity contribution < 1.29 is 193 Å². The third-order valence-electron chi connectivity index (χ3n) is 14.7. The molecule has 4 saturated heterocycles. The first-order valence-corrected chi connectivity index (χ1v) is 30.9. The van der Waals surface area contributed by atoms with Gasteiger partial charge in [-0.2, -0.15) is 4.39 Å². The molecule has 526 valence electrons. The van der Waals surface area contributed by atoms with Gasteiger partial charge in [-0.3, -0.25) is 44.2 Å². The number of nitrogens with zero attached hydrogens (tertiary/aromatic N) is 8. The Bertz CT molecular complexity index is 3370. The summed E-state index contributed by atoms with van der Waals surface area (Å²) in [4.78, 5) is 124. The molecule has 6 aliphatic heterocycles. The maximum atomic E-state index is 12.4. The van der Waals surface area contributed by atoms with E-state index in [9.17, 15) is 63.3 Å². The molecular formula is C64H88FK2N12O19+. The second-order valence-corrected chi connectivity index (χ2v) is 25.6. The molecule has 6 aliphatic rings. The fourth-order valence-corrected chi connectivity index (χ4v) is 10.8. The van der Waals surface area contributed by atoms with Crippen LogP contribution < -0.4 is 144 Å². The number of halogens is 1. The standard InChI is InChI=1S/C17H23N3O6.C17H23N3O3.C12H15N3O.C11H20N2O4.C6H4FNO2.CH2O3.2K.H/c1-17(2,3)26-16(23)18-8-9-19(12(11-18)10-15(21)22)13-6-4-5-7-14(13)20(24)25;1-17(2,3)23-16(22)19-8-9-20-12(11-19)10-15(21)18-13-6-4-5-7-14(13)20;16-12-7-9-8-13-5-6-15(9)11-4-2-1-3-10(11)14-12;1-11(2,3)17-10(16)13-5-4-12-8(7-13)6-9(14)15;7-5-3-1-2-4-6(5)8(9)10;2-1-4-3;;;/h4-7,12H,8-11H2,1-3H3,(H,21,22);4-7,12H,8-11H2,1-3H3,(H,18,21);1-4,9,13H,5-8H2,(H,14,16);8,12H,4-7H2,1-3H3,(H,14,15);1-4H;1,3H;;;/q;;;;;;2*+1;-1. The number of nitrogens with one attached hydrogen (secondary N) is 4. The molecular weight excluding hydrogens is 1340 g/mol. The molecule has 6 N–H and O–H groups in total. The Morgan fingerprint density at radius 2 is 1.00 bits per heavy atom. The number of hydrogen-bond donors (Lipinski definition) is 6. The van der Waals surface area contributed by atoms with Crippen molar-refractivity contribution in [2.75, 3.05) is 104 Å². The van der Waals surface area contributed by atoms with E-state index in [1.807, 2.05) is 84.0 Å². The van der Waals surface area contributed by atoms with Gasteiger partial charge in [-0.25, -0.2) is 14.4 Å². The van der Waals surface area contributed by atoms with E-state index in [-0.39, 0.29) is 192 Å². The van der Waals surface area contributed by atoms with Gasteiger partial charge in [-0.1, -0.05) is 48.5 Å². The van der Waals surface area contributed by atoms with Crippen LogP contribution in [-0.4, -0.2) is 203 Å². The number of carbonyl (C=O) groups is 8. The molecule has 10 rings (SSSR count). The maximum Gasteiger partial charge on any atom is 1.00 e. The number of nitro benzene ring substituents is 2. The summed E-state index contributed by atoms with van der Waals surface area (Å²) in [5, 5.41) is 60.0. The summed E-state index contributed by atoms with van der Waals surface area (Å²) in [6.45, 7) is 22.9. The molecule has 0 spiro atoms. The van der Waals surface area contributed by atoms with E-state index < -0.39 is 62.2 Å². The zero-order valence-electron chi connectivity index (χ0n) is 59.2. The van der Waals surface area contributed by atoms with Crippen LogP contribution in [0, 0.1) is 26.0 Å². The molecule has 31 nitrogen and oxygen atoms in total. The quantitative estimate of drug-likeness (QED) is 0.0355. The number of carboxylic acid groups (broad SMARTS) is 2. The van der Waals surface area contributed by atoms with Crippen molar-refractivity contribution >= 4 is 88.3 Å². The summed E-state index contributed by atoms with van der Waals surface area (Å²) in [5.41, 5.74) is 2.04. The smallest absolute Gasteiger partial charge is 1.00 e. The predicted octanol–water partition coefficient (Wildman–Crippen LogP) is 0.828. The zero-order valence-corrected chi connectivity index (χ0v) is 63.5. The molecule has 4 unspecified atom stereocenters. The molecule has 34 heteroatoms. The van der Waals surface area contributed by atoms with Crippen molar-refractivity contribution in [2.45, 2.75) is 129 Å². The number of piperazine rings is 4. The fourth-order valence-electron chi connectivity index (χ4n) is 10.8. The van der Waals surface area contributed by atoms with Crippen LogP contribution >= 0.6 is 0 Å². The predicted molar refractivity (Wildman–Crippen MR) is 351 cm³/mol. The minimum Gasteiger partial charge on any atom is -1.00 e. The third kappa shape index (κ3) is 28.5. The van der Waals surface area contributed by atoms with Gasteiger partial charge in [0.1, 0.15) is 22.5 Å². The van der Waals surface area contributed by atoms with Gasteiger partial charge in [-0.05, 0) is 98.7 Å². The Balaban J connectivity index is 0.000000626. The molecule has 4 aromatic rings. The van der Waals surface area contributed by atoms with Gasteiger partial charge in [0.25, 0.3) is 12.2 Å². The van der Waals surface area contributed by atoms with Gasteiger partial charge in [-0.15, -0.1) is 0 Å². The van der Waals surface area contributed by atoms with E-state index in [0.29, 0.717) is 57.8 Å². The average molecular weight is 1430 g/mol. The summed E-state index contributed by atoms with van der Waals surface area (Å²) in [6.07, 6.45) is -0.500. The molecule has 0 radical (unpaired) electrons. The monoisotopic (exact) mass is 1430 g/mol. The number of fused-ring (bicyclic) bond motifs is 6. The molecule has 0 saturated carbocycles. The number of rotatable bonds is 8. The van der Waals surface area contributed by atoms with E-state index in [1.54, 1.807) is 53.7 Å². The van der Waals surface area contributed by atoms with Crippen LogP contribution in [0.1, 0.15) is 90.9 Å². The van der Waals surface area contributed by atoms with Gasteiger partial charge in [0.15, 0.2) is 0 Å². The average Bonchev–Trinajstić information content (AvgIpc) is 1.46. The number of ether oxygens (including phenoxy) is 3. The van der Waals surface area contributed by atoms with Gasteiger partial charge in [0.2, 0.25) is 17.6 Å². The number of para-hydroxylation sites is 7.